The molecule has 3 aromatic rings. The molecule has 156 valence electrons. The van der Waals surface area contributed by atoms with E-state index >= 15 is 0 Å². The van der Waals surface area contributed by atoms with Crippen LogP contribution in [-0.4, -0.2) is 54.2 Å². The molecule has 2 aromatic carbocycles. The van der Waals surface area contributed by atoms with Crippen molar-refractivity contribution in [2.45, 2.75) is 13.1 Å². The Hall–Kier alpha value is -3.23. The van der Waals surface area contributed by atoms with Crippen LogP contribution in [0.4, 0.5) is 0 Å². The minimum atomic E-state index is -0.436. The summed E-state index contributed by atoms with van der Waals surface area (Å²) in [7, 11) is 1.59. The Morgan fingerprint density at radius 1 is 1.20 bits per heavy atom. The number of hydrogen-bond donors (Lipinski definition) is 2. The fraction of sp³-hybridized carbons (Fsp3) is 0.318. The van der Waals surface area contributed by atoms with Crippen molar-refractivity contribution in [3.05, 3.63) is 69.8 Å². The standard InChI is InChI=1S/C22H24N4O4/c1-29-17-4-2-3-15(11-17)13-23-22(28)20-24-19-6-5-16(12-18(19)21(27)25-20)14-26-7-9-30-10-8-26/h2-6,11-12H,7-10,13-14H2,1H3,(H,23,28)(H,24,25,27). The van der Waals surface area contributed by atoms with E-state index in [9.17, 15) is 9.59 Å². The van der Waals surface area contributed by atoms with Crippen molar-refractivity contribution in [3.8, 4) is 5.75 Å². The van der Waals surface area contributed by atoms with Gasteiger partial charge >= 0.3 is 0 Å². The summed E-state index contributed by atoms with van der Waals surface area (Å²) in [6, 6.07) is 13.0. The van der Waals surface area contributed by atoms with Gasteiger partial charge in [0.15, 0.2) is 5.82 Å². The molecule has 0 bridgehead atoms. The van der Waals surface area contributed by atoms with E-state index in [1.165, 1.54) is 0 Å². The van der Waals surface area contributed by atoms with Crippen molar-refractivity contribution in [2.24, 2.45) is 0 Å². The van der Waals surface area contributed by atoms with Crippen LogP contribution in [0.1, 0.15) is 21.7 Å². The zero-order valence-electron chi connectivity index (χ0n) is 16.8. The van der Waals surface area contributed by atoms with Gasteiger partial charge in [0, 0.05) is 26.2 Å². The molecule has 1 saturated heterocycles. The van der Waals surface area contributed by atoms with Gasteiger partial charge in [-0.1, -0.05) is 18.2 Å². The number of aromatic nitrogens is 2. The van der Waals surface area contributed by atoms with E-state index in [1.807, 2.05) is 36.4 Å². The first-order valence-electron chi connectivity index (χ1n) is 9.86. The van der Waals surface area contributed by atoms with Crippen LogP contribution in [0.25, 0.3) is 10.9 Å². The van der Waals surface area contributed by atoms with E-state index in [-0.39, 0.29) is 11.4 Å². The Morgan fingerprint density at radius 2 is 2.03 bits per heavy atom. The Morgan fingerprint density at radius 3 is 2.83 bits per heavy atom. The summed E-state index contributed by atoms with van der Waals surface area (Å²) < 4.78 is 10.6. The molecule has 1 aliphatic rings. The average Bonchev–Trinajstić information content (AvgIpc) is 2.78. The number of carbonyl (C=O) groups excluding carboxylic acids is 1. The number of carbonyl (C=O) groups is 1. The lowest BCUT2D eigenvalue weighted by molar-refractivity contribution is 0.0342. The highest BCUT2D eigenvalue weighted by atomic mass is 16.5. The monoisotopic (exact) mass is 408 g/mol. The maximum absolute atomic E-state index is 12.6. The Balaban J connectivity index is 1.48. The van der Waals surface area contributed by atoms with Crippen LogP contribution in [-0.2, 0) is 17.8 Å². The van der Waals surface area contributed by atoms with Crippen LogP contribution in [0, 0.1) is 0 Å². The second-order valence-electron chi connectivity index (χ2n) is 7.19. The van der Waals surface area contributed by atoms with Crippen LogP contribution in [0.3, 0.4) is 0 Å². The van der Waals surface area contributed by atoms with Crippen molar-refractivity contribution in [3.63, 3.8) is 0 Å². The lowest BCUT2D eigenvalue weighted by Gasteiger charge is -2.26. The van der Waals surface area contributed by atoms with E-state index < -0.39 is 5.91 Å². The third-order valence-corrected chi connectivity index (χ3v) is 5.08. The van der Waals surface area contributed by atoms with Gasteiger partial charge < -0.3 is 19.8 Å². The largest absolute Gasteiger partial charge is 0.497 e. The van der Waals surface area contributed by atoms with Crippen LogP contribution >= 0.6 is 0 Å². The molecule has 2 N–H and O–H groups in total. The summed E-state index contributed by atoms with van der Waals surface area (Å²) >= 11 is 0. The van der Waals surface area contributed by atoms with E-state index in [0.717, 1.165) is 44.0 Å². The molecule has 1 aromatic heterocycles. The summed E-state index contributed by atoms with van der Waals surface area (Å²) in [6.07, 6.45) is 0. The average molecular weight is 408 g/mol. The van der Waals surface area contributed by atoms with E-state index in [4.69, 9.17) is 9.47 Å². The first kappa shape index (κ1) is 20.1. The van der Waals surface area contributed by atoms with Crippen LogP contribution in [0.5, 0.6) is 5.75 Å². The third kappa shape index (κ3) is 4.67. The van der Waals surface area contributed by atoms with Gasteiger partial charge in [-0.05, 0) is 35.4 Å². The number of hydrogen-bond acceptors (Lipinski definition) is 6. The highest BCUT2D eigenvalue weighted by Gasteiger charge is 2.14. The maximum atomic E-state index is 12.6. The number of fused-ring (bicyclic) bond motifs is 1. The molecule has 4 rings (SSSR count). The number of methoxy groups -OCH3 is 1. The molecule has 1 aliphatic heterocycles. The number of benzene rings is 2. The number of ether oxygens (including phenoxy) is 2. The third-order valence-electron chi connectivity index (χ3n) is 5.08. The van der Waals surface area contributed by atoms with E-state index in [0.29, 0.717) is 23.2 Å². The lowest BCUT2D eigenvalue weighted by Crippen LogP contribution is -2.35. The van der Waals surface area contributed by atoms with Gasteiger partial charge in [0.2, 0.25) is 0 Å². The molecule has 0 radical (unpaired) electrons. The molecule has 30 heavy (non-hydrogen) atoms. The number of rotatable bonds is 6. The fourth-order valence-electron chi connectivity index (χ4n) is 3.46. The molecule has 1 amide bonds. The van der Waals surface area contributed by atoms with E-state index in [2.05, 4.69) is 20.2 Å². The number of aromatic amines is 1. The van der Waals surface area contributed by atoms with Gasteiger partial charge in [-0.2, -0.15) is 0 Å². The Bertz CT molecular complexity index is 1110. The highest BCUT2D eigenvalue weighted by molar-refractivity contribution is 5.92. The Kier molecular flexibility index (Phi) is 6.06. The molecule has 0 unspecified atom stereocenters. The number of nitrogens with one attached hydrogen (secondary N) is 2. The minimum absolute atomic E-state index is 0.00340. The molecular weight excluding hydrogens is 384 g/mol. The molecule has 0 saturated carbocycles. The molecule has 8 nitrogen and oxygen atoms in total. The van der Waals surface area contributed by atoms with Crippen molar-refractivity contribution in [1.29, 1.82) is 0 Å². The molecule has 2 heterocycles. The van der Waals surface area contributed by atoms with Crippen molar-refractivity contribution in [1.82, 2.24) is 20.2 Å². The van der Waals surface area contributed by atoms with Crippen molar-refractivity contribution >= 4 is 16.8 Å². The zero-order valence-corrected chi connectivity index (χ0v) is 16.8. The summed E-state index contributed by atoms with van der Waals surface area (Å²) in [5.74, 6) is 0.275. The van der Waals surface area contributed by atoms with Gasteiger partial charge in [-0.15, -0.1) is 0 Å². The zero-order chi connectivity index (χ0) is 20.9. The summed E-state index contributed by atoms with van der Waals surface area (Å²) in [4.78, 5) is 34.3. The topological polar surface area (TPSA) is 96.5 Å². The summed E-state index contributed by atoms with van der Waals surface area (Å²) in [5.41, 5.74) is 2.09. The lowest BCUT2D eigenvalue weighted by atomic mass is 10.1. The smallest absolute Gasteiger partial charge is 0.287 e. The normalized spacial score (nSPS) is 14.6. The minimum Gasteiger partial charge on any atom is -0.497 e. The summed E-state index contributed by atoms with van der Waals surface area (Å²) in [6.45, 7) is 4.25. The molecule has 0 spiro atoms. The van der Waals surface area contributed by atoms with Crippen LogP contribution in [0.15, 0.2) is 47.3 Å². The number of amides is 1. The number of morpholine rings is 1. The van der Waals surface area contributed by atoms with Gasteiger partial charge in [0.25, 0.3) is 11.5 Å². The molecule has 0 aliphatic carbocycles. The highest BCUT2D eigenvalue weighted by Crippen LogP contribution is 2.14. The van der Waals surface area contributed by atoms with Crippen LogP contribution < -0.4 is 15.6 Å². The summed E-state index contributed by atoms with van der Waals surface area (Å²) in [5, 5.41) is 3.26. The molecule has 8 heteroatoms. The second-order valence-corrected chi connectivity index (χ2v) is 7.19. The van der Waals surface area contributed by atoms with E-state index in [1.54, 1.807) is 13.2 Å². The first-order chi connectivity index (χ1) is 14.6. The second kappa shape index (κ2) is 9.06. The molecule has 1 fully saturated rings. The molecule has 0 atom stereocenters. The first-order valence-corrected chi connectivity index (χ1v) is 9.86. The predicted octanol–water partition coefficient (Wildman–Crippen LogP) is 1.69. The van der Waals surface area contributed by atoms with Gasteiger partial charge in [0.1, 0.15) is 5.75 Å². The SMILES string of the molecule is COc1cccc(CNC(=O)c2nc3ccc(CN4CCOCC4)cc3c(=O)[nH]2)c1. The Labute approximate surface area is 173 Å². The van der Waals surface area contributed by atoms with Crippen LogP contribution in [0.2, 0.25) is 0 Å². The van der Waals surface area contributed by atoms with Gasteiger partial charge in [0.05, 0.1) is 31.2 Å². The molecular formula is C22H24N4O4. The predicted molar refractivity (Wildman–Crippen MR) is 113 cm³/mol. The maximum Gasteiger partial charge on any atom is 0.287 e. The quantitative estimate of drug-likeness (QED) is 0.644. The number of H-pyrrole nitrogens is 1. The van der Waals surface area contributed by atoms with Gasteiger partial charge in [-0.25, -0.2) is 4.98 Å². The van der Waals surface area contributed by atoms with Crippen molar-refractivity contribution in [2.75, 3.05) is 33.4 Å². The fourth-order valence-corrected chi connectivity index (χ4v) is 3.46. The number of nitrogens with zero attached hydrogens (tertiary/aromatic N) is 2. The van der Waals surface area contributed by atoms with Crippen molar-refractivity contribution < 1.29 is 14.3 Å². The van der Waals surface area contributed by atoms with Gasteiger partial charge in [-0.3, -0.25) is 14.5 Å².